The number of hydrogen-bond donors (Lipinski definition) is 1. The Labute approximate surface area is 198 Å². The van der Waals surface area contributed by atoms with Gasteiger partial charge >= 0.3 is 5.97 Å². The number of nitrogens with zero attached hydrogens (tertiary/aromatic N) is 4. The minimum absolute atomic E-state index is 0.148. The van der Waals surface area contributed by atoms with Gasteiger partial charge in [0.2, 0.25) is 0 Å². The van der Waals surface area contributed by atoms with Crippen molar-refractivity contribution in [2.24, 2.45) is 0 Å². The number of nitrogens with one attached hydrogen (secondary N) is 1. The molecule has 0 amide bonds. The van der Waals surface area contributed by atoms with Gasteiger partial charge in [-0.25, -0.2) is 4.79 Å². The highest BCUT2D eigenvalue weighted by atomic mass is 32.1. The van der Waals surface area contributed by atoms with Crippen LogP contribution in [0.25, 0.3) is 11.8 Å². The van der Waals surface area contributed by atoms with Crippen molar-refractivity contribution in [1.82, 2.24) is 14.4 Å². The topological polar surface area (TPSA) is 90.6 Å². The van der Waals surface area contributed by atoms with Crippen LogP contribution in [0.5, 0.6) is 0 Å². The van der Waals surface area contributed by atoms with E-state index in [0.29, 0.717) is 15.7 Å². The van der Waals surface area contributed by atoms with Crippen molar-refractivity contribution in [3.63, 3.8) is 0 Å². The fourth-order valence-corrected chi connectivity index (χ4v) is 4.73. The molecule has 0 radical (unpaired) electrons. The van der Waals surface area contributed by atoms with Crippen LogP contribution in [0.15, 0.2) is 29.1 Å². The lowest BCUT2D eigenvalue weighted by atomic mass is 10.1. The van der Waals surface area contributed by atoms with Crippen LogP contribution in [0.1, 0.15) is 19.4 Å². The third-order valence-electron chi connectivity index (χ3n) is 5.67. The molecule has 2 heterocycles. The number of carbonyl (C=O) groups excluding carboxylic acids is 1. The quantitative estimate of drug-likeness (QED) is 0.572. The fourth-order valence-electron chi connectivity index (χ4n) is 3.65. The summed E-state index contributed by atoms with van der Waals surface area (Å²) in [6, 6.07) is 10.1. The van der Waals surface area contributed by atoms with Crippen LogP contribution in [0.4, 0.5) is 5.69 Å². The first-order chi connectivity index (χ1) is 16.0. The number of hydrogen-bond acceptors (Lipinski definition) is 8. The number of thiazole rings is 1. The number of carbonyl (C=O) groups is 1. The van der Waals surface area contributed by atoms with Gasteiger partial charge < -0.3 is 19.9 Å². The SMILES string of the molecule is CCOC(=O)/C(C#N)=c1\s/c(=C/Nc2ccc(CCN3CCN(C)CC3)cc2)c(=O)n1CC. The summed E-state index contributed by atoms with van der Waals surface area (Å²) in [4.78, 5) is 29.7. The molecule has 0 unspecified atom stereocenters. The molecule has 1 aliphatic heterocycles. The van der Waals surface area contributed by atoms with Crippen LogP contribution in [-0.2, 0) is 22.5 Å². The number of anilines is 1. The van der Waals surface area contributed by atoms with Crippen LogP contribution in [0.2, 0.25) is 0 Å². The van der Waals surface area contributed by atoms with Crippen LogP contribution >= 0.6 is 11.3 Å². The maximum Gasteiger partial charge on any atom is 0.351 e. The minimum atomic E-state index is -0.713. The first-order valence-electron chi connectivity index (χ1n) is 11.2. The van der Waals surface area contributed by atoms with E-state index in [9.17, 15) is 14.9 Å². The van der Waals surface area contributed by atoms with Crippen LogP contribution < -0.4 is 20.1 Å². The summed E-state index contributed by atoms with van der Waals surface area (Å²) in [5.74, 6) is -0.713. The highest BCUT2D eigenvalue weighted by Gasteiger charge is 2.16. The third kappa shape index (κ3) is 6.32. The van der Waals surface area contributed by atoms with Crippen molar-refractivity contribution in [2.45, 2.75) is 26.8 Å². The molecule has 0 saturated carbocycles. The molecule has 1 aliphatic rings. The second-order valence-electron chi connectivity index (χ2n) is 7.91. The molecule has 1 fully saturated rings. The zero-order valence-corrected chi connectivity index (χ0v) is 20.3. The molecule has 0 aliphatic carbocycles. The van der Waals surface area contributed by atoms with Crippen molar-refractivity contribution >= 4 is 34.8 Å². The van der Waals surface area contributed by atoms with Crippen molar-refractivity contribution in [2.75, 3.05) is 51.7 Å². The number of likely N-dealkylation sites (N-methyl/N-ethyl adjacent to an activating group) is 1. The van der Waals surface area contributed by atoms with Crippen molar-refractivity contribution < 1.29 is 9.53 Å². The van der Waals surface area contributed by atoms with E-state index < -0.39 is 5.97 Å². The van der Waals surface area contributed by atoms with Crippen LogP contribution in [0.3, 0.4) is 0 Å². The van der Waals surface area contributed by atoms with Gasteiger partial charge in [0.15, 0.2) is 5.57 Å². The number of nitriles is 1. The predicted octanol–water partition coefficient (Wildman–Crippen LogP) is 0.807. The van der Waals surface area contributed by atoms with Gasteiger partial charge in [0, 0.05) is 51.2 Å². The van der Waals surface area contributed by atoms with E-state index in [1.807, 2.05) is 18.2 Å². The van der Waals surface area contributed by atoms with E-state index in [2.05, 4.69) is 34.3 Å². The maximum absolute atomic E-state index is 12.8. The molecule has 1 aromatic heterocycles. The van der Waals surface area contributed by atoms with E-state index >= 15 is 0 Å². The molecule has 0 bridgehead atoms. The summed E-state index contributed by atoms with van der Waals surface area (Å²) in [6.45, 7) is 9.52. The monoisotopic (exact) mass is 469 g/mol. The van der Waals surface area contributed by atoms with Gasteiger partial charge in [-0.3, -0.25) is 9.36 Å². The molecule has 9 heteroatoms. The molecule has 1 aromatic carbocycles. The van der Waals surface area contributed by atoms with E-state index in [4.69, 9.17) is 4.74 Å². The lowest BCUT2D eigenvalue weighted by Gasteiger charge is -2.32. The molecule has 1 saturated heterocycles. The Hall–Kier alpha value is -2.93. The number of piperazine rings is 1. The predicted molar refractivity (Wildman–Crippen MR) is 131 cm³/mol. The Morgan fingerprint density at radius 2 is 1.91 bits per heavy atom. The van der Waals surface area contributed by atoms with Gasteiger partial charge in [-0.1, -0.05) is 12.1 Å². The van der Waals surface area contributed by atoms with Gasteiger partial charge in [0.1, 0.15) is 15.3 Å². The fraction of sp³-hybridized carbons (Fsp3) is 0.458. The van der Waals surface area contributed by atoms with Crippen molar-refractivity contribution in [3.05, 3.63) is 49.4 Å². The summed E-state index contributed by atoms with van der Waals surface area (Å²) >= 11 is 1.11. The molecule has 33 heavy (non-hydrogen) atoms. The number of esters is 1. The second-order valence-corrected chi connectivity index (χ2v) is 8.94. The molecule has 176 valence electrons. The third-order valence-corrected chi connectivity index (χ3v) is 6.80. The van der Waals surface area contributed by atoms with E-state index in [1.165, 1.54) is 10.1 Å². The highest BCUT2D eigenvalue weighted by Crippen LogP contribution is 2.11. The van der Waals surface area contributed by atoms with Crippen molar-refractivity contribution in [3.8, 4) is 6.07 Å². The zero-order valence-electron chi connectivity index (χ0n) is 19.5. The lowest BCUT2D eigenvalue weighted by molar-refractivity contribution is -0.136. The molecule has 3 rings (SSSR count). The van der Waals surface area contributed by atoms with Gasteiger partial charge in [-0.05, 0) is 45.0 Å². The zero-order chi connectivity index (χ0) is 23.8. The Bertz CT molecular complexity index is 1170. The molecular formula is C24H31N5O3S. The van der Waals surface area contributed by atoms with E-state index in [-0.39, 0.29) is 17.7 Å². The molecule has 1 N–H and O–H groups in total. The smallest absolute Gasteiger partial charge is 0.351 e. The second kappa shape index (κ2) is 11.8. The molecule has 8 nitrogen and oxygen atoms in total. The molecular weight excluding hydrogens is 438 g/mol. The van der Waals surface area contributed by atoms with E-state index in [0.717, 1.165) is 56.2 Å². The Morgan fingerprint density at radius 1 is 1.21 bits per heavy atom. The minimum Gasteiger partial charge on any atom is -0.462 e. The highest BCUT2D eigenvalue weighted by molar-refractivity contribution is 7.07. The lowest BCUT2D eigenvalue weighted by Crippen LogP contribution is -2.45. The number of ether oxygens (including phenoxy) is 1. The van der Waals surface area contributed by atoms with Crippen LogP contribution in [-0.4, -0.2) is 66.7 Å². The number of aromatic nitrogens is 1. The van der Waals surface area contributed by atoms with Gasteiger partial charge in [-0.15, -0.1) is 11.3 Å². The Morgan fingerprint density at radius 3 is 2.52 bits per heavy atom. The van der Waals surface area contributed by atoms with Gasteiger partial charge in [0.25, 0.3) is 5.56 Å². The standard InChI is InChI=1S/C24H31N5O3S/c1-4-29-22(30)21(33-23(29)20(16-25)24(31)32-5-2)17-26-19-8-6-18(7-9-19)10-11-28-14-12-27(3)13-15-28/h6-9,17,26H,4-5,10-15H2,1-3H3/b21-17+,23-20-. The van der Waals surface area contributed by atoms with Crippen molar-refractivity contribution in [1.29, 1.82) is 5.26 Å². The Kier molecular flexibility index (Phi) is 8.83. The summed E-state index contributed by atoms with van der Waals surface area (Å²) in [7, 11) is 2.16. The maximum atomic E-state index is 12.8. The molecule has 0 atom stereocenters. The number of rotatable bonds is 8. The van der Waals surface area contributed by atoms with E-state index in [1.54, 1.807) is 20.0 Å². The average molecular weight is 470 g/mol. The normalized spacial score (nSPS) is 16.4. The number of benzene rings is 1. The first kappa shape index (κ1) is 24.7. The summed E-state index contributed by atoms with van der Waals surface area (Å²) < 4.78 is 7.12. The summed E-state index contributed by atoms with van der Waals surface area (Å²) in [6.07, 6.45) is 2.63. The van der Waals surface area contributed by atoms with Crippen LogP contribution in [0, 0.1) is 11.3 Å². The first-order valence-corrected chi connectivity index (χ1v) is 12.1. The molecule has 2 aromatic rings. The Balaban J connectivity index is 1.73. The summed E-state index contributed by atoms with van der Waals surface area (Å²) in [5, 5.41) is 12.6. The van der Waals surface area contributed by atoms with Gasteiger partial charge in [0.05, 0.1) is 6.61 Å². The van der Waals surface area contributed by atoms with Gasteiger partial charge in [-0.2, -0.15) is 5.26 Å². The summed E-state index contributed by atoms with van der Waals surface area (Å²) in [5.41, 5.74) is 1.75. The average Bonchev–Trinajstić information content (AvgIpc) is 3.13. The molecule has 0 spiro atoms. The largest absolute Gasteiger partial charge is 0.462 e.